The number of hydrogen-bond acceptors (Lipinski definition) is 6. The van der Waals surface area contributed by atoms with Gasteiger partial charge in [-0.05, 0) is 55.3 Å². The highest BCUT2D eigenvalue weighted by molar-refractivity contribution is 5.80. The third kappa shape index (κ3) is 5.07. The molecule has 0 spiro atoms. The zero-order valence-corrected chi connectivity index (χ0v) is 15.2. The molecule has 1 heterocycles. The summed E-state index contributed by atoms with van der Waals surface area (Å²) >= 11 is 0. The smallest absolute Gasteiger partial charge is 0.260 e. The molecular formula is C20H21N3O4. The maximum atomic E-state index is 12.2. The molecule has 1 aromatic heterocycles. The van der Waals surface area contributed by atoms with E-state index in [2.05, 4.69) is 15.5 Å². The van der Waals surface area contributed by atoms with Gasteiger partial charge in [-0.15, -0.1) is 10.2 Å². The van der Waals surface area contributed by atoms with Gasteiger partial charge in [0.15, 0.2) is 6.10 Å². The monoisotopic (exact) mass is 367 g/mol. The van der Waals surface area contributed by atoms with Crippen molar-refractivity contribution in [1.29, 1.82) is 0 Å². The van der Waals surface area contributed by atoms with Crippen molar-refractivity contribution in [3.05, 3.63) is 60.5 Å². The quantitative estimate of drug-likeness (QED) is 0.659. The molecule has 0 aliphatic rings. The number of aromatic nitrogens is 2. The molecule has 0 bridgehead atoms. The zero-order chi connectivity index (χ0) is 19.1. The summed E-state index contributed by atoms with van der Waals surface area (Å²) in [5.74, 6) is 1.68. The predicted octanol–water partition coefficient (Wildman–Crippen LogP) is 2.87. The van der Waals surface area contributed by atoms with Gasteiger partial charge in [-0.25, -0.2) is 0 Å². The average molecular weight is 367 g/mol. The summed E-state index contributed by atoms with van der Waals surface area (Å²) in [5.41, 5.74) is 1.91. The van der Waals surface area contributed by atoms with Crippen molar-refractivity contribution in [1.82, 2.24) is 15.5 Å². The van der Waals surface area contributed by atoms with Gasteiger partial charge < -0.3 is 19.2 Å². The number of ether oxygens (including phenoxy) is 2. The highest BCUT2D eigenvalue weighted by Gasteiger charge is 2.14. The van der Waals surface area contributed by atoms with E-state index in [0.29, 0.717) is 18.2 Å². The molecule has 0 aliphatic carbocycles. The van der Waals surface area contributed by atoms with Crippen LogP contribution in [0.4, 0.5) is 0 Å². The van der Waals surface area contributed by atoms with Crippen LogP contribution in [0.2, 0.25) is 0 Å². The van der Waals surface area contributed by atoms with Crippen LogP contribution in [0, 0.1) is 0 Å². The van der Waals surface area contributed by atoms with Crippen LogP contribution < -0.4 is 14.8 Å². The fraction of sp³-hybridized carbons (Fsp3) is 0.250. The number of rotatable bonds is 8. The molecule has 1 N–H and O–H groups in total. The van der Waals surface area contributed by atoms with Gasteiger partial charge in [0.05, 0.1) is 7.11 Å². The maximum Gasteiger partial charge on any atom is 0.260 e. The van der Waals surface area contributed by atoms with Gasteiger partial charge in [-0.3, -0.25) is 4.79 Å². The number of benzene rings is 2. The summed E-state index contributed by atoms with van der Waals surface area (Å²) in [5, 5.41) is 10.4. The summed E-state index contributed by atoms with van der Waals surface area (Å²) in [4.78, 5) is 12.2. The standard InChI is InChI=1S/C20H21N3O4/c1-14(19(24)21-12-11-15-3-7-17(25-2)8-4-15)27-18-9-5-16(6-10-18)20-23-22-13-26-20/h3-10,13-14H,11-12H2,1-2H3,(H,21,24)/t14-/m1/s1. The minimum Gasteiger partial charge on any atom is -0.497 e. The van der Waals surface area contributed by atoms with Crippen molar-refractivity contribution in [3.63, 3.8) is 0 Å². The number of carbonyl (C=O) groups excluding carboxylic acids is 1. The van der Waals surface area contributed by atoms with Crippen molar-refractivity contribution in [2.24, 2.45) is 0 Å². The van der Waals surface area contributed by atoms with E-state index in [9.17, 15) is 4.79 Å². The van der Waals surface area contributed by atoms with E-state index in [1.807, 2.05) is 24.3 Å². The summed E-state index contributed by atoms with van der Waals surface area (Å²) in [6.45, 7) is 2.25. The SMILES string of the molecule is COc1ccc(CCNC(=O)[C@@H](C)Oc2ccc(-c3nnco3)cc2)cc1. The van der Waals surface area contributed by atoms with Crippen molar-refractivity contribution in [3.8, 4) is 23.0 Å². The molecule has 0 unspecified atom stereocenters. The topological polar surface area (TPSA) is 86.5 Å². The third-order valence-electron chi connectivity index (χ3n) is 4.02. The summed E-state index contributed by atoms with van der Waals surface area (Å²) in [6.07, 6.45) is 1.41. The molecule has 1 amide bonds. The van der Waals surface area contributed by atoms with Crippen molar-refractivity contribution < 1.29 is 18.7 Å². The lowest BCUT2D eigenvalue weighted by molar-refractivity contribution is -0.127. The first-order chi connectivity index (χ1) is 13.2. The van der Waals surface area contributed by atoms with Gasteiger partial charge in [-0.1, -0.05) is 12.1 Å². The molecule has 0 fully saturated rings. The van der Waals surface area contributed by atoms with E-state index in [4.69, 9.17) is 13.9 Å². The molecule has 1 atom stereocenters. The lowest BCUT2D eigenvalue weighted by Crippen LogP contribution is -2.37. The van der Waals surface area contributed by atoms with E-state index < -0.39 is 6.10 Å². The van der Waals surface area contributed by atoms with E-state index in [-0.39, 0.29) is 5.91 Å². The lowest BCUT2D eigenvalue weighted by atomic mass is 10.1. The highest BCUT2D eigenvalue weighted by atomic mass is 16.5. The van der Waals surface area contributed by atoms with Crippen LogP contribution in [0.1, 0.15) is 12.5 Å². The molecule has 140 valence electrons. The van der Waals surface area contributed by atoms with E-state index >= 15 is 0 Å². The van der Waals surface area contributed by atoms with Crippen molar-refractivity contribution in [2.75, 3.05) is 13.7 Å². The second-order valence-corrected chi connectivity index (χ2v) is 5.92. The Morgan fingerprint density at radius 1 is 1.11 bits per heavy atom. The molecular weight excluding hydrogens is 346 g/mol. The number of methoxy groups -OCH3 is 1. The summed E-state index contributed by atoms with van der Waals surface area (Å²) in [7, 11) is 1.63. The molecule has 0 aliphatic heterocycles. The van der Waals surface area contributed by atoms with Gasteiger partial charge in [0, 0.05) is 12.1 Å². The third-order valence-corrected chi connectivity index (χ3v) is 4.02. The zero-order valence-electron chi connectivity index (χ0n) is 15.2. The van der Waals surface area contributed by atoms with Crippen LogP contribution in [0.25, 0.3) is 11.5 Å². The predicted molar refractivity (Wildman–Crippen MR) is 99.5 cm³/mol. The summed E-state index contributed by atoms with van der Waals surface area (Å²) < 4.78 is 16.0. The molecule has 3 aromatic rings. The van der Waals surface area contributed by atoms with Crippen molar-refractivity contribution >= 4 is 5.91 Å². The van der Waals surface area contributed by atoms with E-state index in [1.54, 1.807) is 38.3 Å². The maximum absolute atomic E-state index is 12.2. The Balaban J connectivity index is 1.45. The molecule has 2 aromatic carbocycles. The minimum atomic E-state index is -0.602. The Kier molecular flexibility index (Phi) is 6.04. The number of nitrogens with zero attached hydrogens (tertiary/aromatic N) is 2. The van der Waals surface area contributed by atoms with Crippen LogP contribution in [0.3, 0.4) is 0 Å². The number of carbonyl (C=O) groups is 1. The molecule has 0 radical (unpaired) electrons. The van der Waals surface area contributed by atoms with E-state index in [1.165, 1.54) is 6.39 Å². The number of hydrogen-bond donors (Lipinski definition) is 1. The molecule has 7 nitrogen and oxygen atoms in total. The molecule has 3 rings (SSSR count). The Hall–Kier alpha value is -3.35. The minimum absolute atomic E-state index is 0.163. The molecule has 27 heavy (non-hydrogen) atoms. The Labute approximate surface area is 157 Å². The first-order valence-corrected chi connectivity index (χ1v) is 8.59. The highest BCUT2D eigenvalue weighted by Crippen LogP contribution is 2.21. The van der Waals surface area contributed by atoms with Gasteiger partial charge in [0.1, 0.15) is 11.5 Å². The first-order valence-electron chi connectivity index (χ1n) is 8.59. The summed E-state index contributed by atoms with van der Waals surface area (Å²) in [6, 6.07) is 14.9. The van der Waals surface area contributed by atoms with Gasteiger partial charge >= 0.3 is 0 Å². The first kappa shape index (κ1) is 18.4. The molecule has 0 saturated carbocycles. The Morgan fingerprint density at radius 3 is 2.44 bits per heavy atom. The van der Waals surface area contributed by atoms with Gasteiger partial charge in [0.25, 0.3) is 5.91 Å². The van der Waals surface area contributed by atoms with Crippen LogP contribution in [-0.2, 0) is 11.2 Å². The second-order valence-electron chi connectivity index (χ2n) is 5.92. The second kappa shape index (κ2) is 8.84. The Bertz CT molecular complexity index is 846. The van der Waals surface area contributed by atoms with Crippen LogP contribution in [0.5, 0.6) is 11.5 Å². The van der Waals surface area contributed by atoms with E-state index in [0.717, 1.165) is 23.3 Å². The lowest BCUT2D eigenvalue weighted by Gasteiger charge is -2.15. The van der Waals surface area contributed by atoms with Crippen LogP contribution >= 0.6 is 0 Å². The molecule has 7 heteroatoms. The normalized spacial score (nSPS) is 11.6. The fourth-order valence-corrected chi connectivity index (χ4v) is 2.50. The van der Waals surface area contributed by atoms with Crippen molar-refractivity contribution in [2.45, 2.75) is 19.4 Å². The number of amides is 1. The van der Waals surface area contributed by atoms with Gasteiger partial charge in [-0.2, -0.15) is 0 Å². The number of nitrogens with one attached hydrogen (secondary N) is 1. The van der Waals surface area contributed by atoms with Gasteiger partial charge in [0.2, 0.25) is 12.3 Å². The van der Waals surface area contributed by atoms with Crippen LogP contribution in [0.15, 0.2) is 59.3 Å². The Morgan fingerprint density at radius 2 is 1.81 bits per heavy atom. The van der Waals surface area contributed by atoms with Crippen LogP contribution in [-0.4, -0.2) is 35.9 Å². The molecule has 0 saturated heterocycles. The fourth-order valence-electron chi connectivity index (χ4n) is 2.50. The average Bonchev–Trinajstić information content (AvgIpc) is 3.24. The largest absolute Gasteiger partial charge is 0.497 e.